The molecule has 94 valence electrons. The molecule has 1 aliphatic rings. The van der Waals surface area contributed by atoms with Gasteiger partial charge in [0.1, 0.15) is 0 Å². The van der Waals surface area contributed by atoms with Crippen LogP contribution in [0.15, 0.2) is 23.1 Å². The first-order valence-corrected chi connectivity index (χ1v) is 7.59. The summed E-state index contributed by atoms with van der Waals surface area (Å²) in [7, 11) is 0. The van der Waals surface area contributed by atoms with Crippen molar-refractivity contribution in [2.45, 2.75) is 44.6 Å². The Morgan fingerprint density at radius 1 is 1.35 bits per heavy atom. The summed E-state index contributed by atoms with van der Waals surface area (Å²) in [5.74, 6) is 2.13. The Labute approximate surface area is 109 Å². The standard InChI is InChI=1S/C15H23NS/c1-11-4-5-12(2)15(10-11)17-9-8-16-13(3)14-6-7-14/h4-5,10,13-14,16H,6-9H2,1-3H3. The Balaban J connectivity index is 1.71. The van der Waals surface area contributed by atoms with Crippen molar-refractivity contribution in [1.82, 2.24) is 5.32 Å². The maximum Gasteiger partial charge on any atom is 0.0106 e. The summed E-state index contributed by atoms with van der Waals surface area (Å²) in [5, 5.41) is 3.63. The second kappa shape index (κ2) is 5.92. The minimum Gasteiger partial charge on any atom is -0.313 e. The van der Waals surface area contributed by atoms with Gasteiger partial charge in [-0.1, -0.05) is 17.7 Å². The summed E-state index contributed by atoms with van der Waals surface area (Å²) in [6.07, 6.45) is 2.86. The summed E-state index contributed by atoms with van der Waals surface area (Å²) in [5.41, 5.74) is 2.76. The second-order valence-electron chi connectivity index (χ2n) is 5.20. The van der Waals surface area contributed by atoms with E-state index in [1.807, 2.05) is 11.8 Å². The van der Waals surface area contributed by atoms with E-state index in [9.17, 15) is 0 Å². The van der Waals surface area contributed by atoms with Crippen molar-refractivity contribution in [3.05, 3.63) is 29.3 Å². The molecule has 1 nitrogen and oxygen atoms in total. The normalized spacial score (nSPS) is 17.1. The van der Waals surface area contributed by atoms with Crippen molar-refractivity contribution in [2.24, 2.45) is 5.92 Å². The zero-order valence-electron chi connectivity index (χ0n) is 11.1. The second-order valence-corrected chi connectivity index (χ2v) is 6.33. The van der Waals surface area contributed by atoms with Gasteiger partial charge in [0, 0.05) is 23.2 Å². The van der Waals surface area contributed by atoms with E-state index in [-0.39, 0.29) is 0 Å². The lowest BCUT2D eigenvalue weighted by Gasteiger charge is -2.12. The molecule has 0 radical (unpaired) electrons. The molecular weight excluding hydrogens is 226 g/mol. The van der Waals surface area contributed by atoms with Gasteiger partial charge >= 0.3 is 0 Å². The first kappa shape index (κ1) is 13.0. The molecule has 1 fully saturated rings. The molecule has 1 N–H and O–H groups in total. The number of thioether (sulfide) groups is 1. The highest BCUT2D eigenvalue weighted by Gasteiger charge is 2.27. The number of hydrogen-bond acceptors (Lipinski definition) is 2. The van der Waals surface area contributed by atoms with E-state index in [0.717, 1.165) is 12.5 Å². The van der Waals surface area contributed by atoms with Crippen molar-refractivity contribution >= 4 is 11.8 Å². The minimum absolute atomic E-state index is 0.717. The molecular formula is C15H23NS. The van der Waals surface area contributed by atoms with Crippen LogP contribution in [0.2, 0.25) is 0 Å². The van der Waals surface area contributed by atoms with Gasteiger partial charge < -0.3 is 5.32 Å². The van der Waals surface area contributed by atoms with Crippen LogP contribution in [0.25, 0.3) is 0 Å². The molecule has 0 spiro atoms. The summed E-state index contributed by atoms with van der Waals surface area (Å²) in [6.45, 7) is 7.80. The molecule has 2 rings (SSSR count). The van der Waals surface area contributed by atoms with Gasteiger partial charge in [-0.05, 0) is 51.2 Å². The SMILES string of the molecule is Cc1ccc(C)c(SCCNC(C)C2CC2)c1. The van der Waals surface area contributed by atoms with Crippen molar-refractivity contribution in [2.75, 3.05) is 12.3 Å². The molecule has 17 heavy (non-hydrogen) atoms. The van der Waals surface area contributed by atoms with E-state index < -0.39 is 0 Å². The molecule has 2 heteroatoms. The lowest BCUT2D eigenvalue weighted by molar-refractivity contribution is 0.514. The van der Waals surface area contributed by atoms with E-state index >= 15 is 0 Å². The number of aryl methyl sites for hydroxylation is 2. The molecule has 1 atom stereocenters. The fourth-order valence-corrected chi connectivity index (χ4v) is 3.08. The van der Waals surface area contributed by atoms with Gasteiger partial charge in [-0.25, -0.2) is 0 Å². The molecule has 0 amide bonds. The van der Waals surface area contributed by atoms with Crippen molar-refractivity contribution in [1.29, 1.82) is 0 Å². The molecule has 0 aliphatic heterocycles. The van der Waals surface area contributed by atoms with Crippen LogP contribution in [-0.2, 0) is 0 Å². The van der Waals surface area contributed by atoms with Crippen molar-refractivity contribution < 1.29 is 0 Å². The Hall–Kier alpha value is -0.470. The topological polar surface area (TPSA) is 12.0 Å². The van der Waals surface area contributed by atoms with Crippen LogP contribution in [0.4, 0.5) is 0 Å². The Bertz CT molecular complexity index is 371. The molecule has 0 heterocycles. The first-order valence-electron chi connectivity index (χ1n) is 6.60. The van der Waals surface area contributed by atoms with E-state index in [2.05, 4.69) is 44.3 Å². The average Bonchev–Trinajstić information content (AvgIpc) is 3.12. The predicted octanol–water partition coefficient (Wildman–Crippen LogP) is 3.78. The Morgan fingerprint density at radius 2 is 2.12 bits per heavy atom. The summed E-state index contributed by atoms with van der Waals surface area (Å²) in [6, 6.07) is 7.42. The van der Waals surface area contributed by atoms with E-state index in [0.29, 0.717) is 6.04 Å². The van der Waals surface area contributed by atoms with Crippen LogP contribution >= 0.6 is 11.8 Å². The number of hydrogen-bond donors (Lipinski definition) is 1. The summed E-state index contributed by atoms with van der Waals surface area (Å²) < 4.78 is 0. The van der Waals surface area contributed by atoms with E-state index in [4.69, 9.17) is 0 Å². The van der Waals surface area contributed by atoms with Gasteiger partial charge in [-0.3, -0.25) is 0 Å². The van der Waals surface area contributed by atoms with Gasteiger partial charge in [0.05, 0.1) is 0 Å². The predicted molar refractivity (Wildman–Crippen MR) is 76.8 cm³/mol. The molecule has 1 unspecified atom stereocenters. The Morgan fingerprint density at radius 3 is 2.82 bits per heavy atom. The smallest absolute Gasteiger partial charge is 0.0106 e. The third-order valence-electron chi connectivity index (χ3n) is 3.50. The number of nitrogens with one attached hydrogen (secondary N) is 1. The fraction of sp³-hybridized carbons (Fsp3) is 0.600. The zero-order chi connectivity index (χ0) is 12.3. The van der Waals surface area contributed by atoms with Gasteiger partial charge in [-0.15, -0.1) is 11.8 Å². The van der Waals surface area contributed by atoms with Crippen LogP contribution in [-0.4, -0.2) is 18.3 Å². The lowest BCUT2D eigenvalue weighted by Crippen LogP contribution is -2.29. The monoisotopic (exact) mass is 249 g/mol. The minimum atomic E-state index is 0.717. The van der Waals surface area contributed by atoms with Crippen LogP contribution in [0.1, 0.15) is 30.9 Å². The molecule has 1 aromatic rings. The number of rotatable bonds is 6. The summed E-state index contributed by atoms with van der Waals surface area (Å²) >= 11 is 1.97. The molecule has 1 aromatic carbocycles. The fourth-order valence-electron chi connectivity index (χ4n) is 2.07. The van der Waals surface area contributed by atoms with Crippen LogP contribution in [0.3, 0.4) is 0 Å². The number of benzene rings is 1. The first-order chi connectivity index (χ1) is 8.16. The molecule has 0 aromatic heterocycles. The average molecular weight is 249 g/mol. The summed E-state index contributed by atoms with van der Waals surface area (Å²) in [4.78, 5) is 1.44. The van der Waals surface area contributed by atoms with E-state index in [1.54, 1.807) is 0 Å². The third kappa shape index (κ3) is 4.04. The largest absolute Gasteiger partial charge is 0.313 e. The zero-order valence-corrected chi connectivity index (χ0v) is 11.9. The van der Waals surface area contributed by atoms with Gasteiger partial charge in [-0.2, -0.15) is 0 Å². The van der Waals surface area contributed by atoms with Crippen LogP contribution < -0.4 is 5.32 Å². The highest BCUT2D eigenvalue weighted by molar-refractivity contribution is 7.99. The lowest BCUT2D eigenvalue weighted by atomic mass is 10.2. The van der Waals surface area contributed by atoms with Crippen molar-refractivity contribution in [3.8, 4) is 0 Å². The maximum atomic E-state index is 3.63. The van der Waals surface area contributed by atoms with Crippen LogP contribution in [0.5, 0.6) is 0 Å². The van der Waals surface area contributed by atoms with Crippen molar-refractivity contribution in [3.63, 3.8) is 0 Å². The molecule has 1 saturated carbocycles. The maximum absolute atomic E-state index is 3.63. The highest BCUT2D eigenvalue weighted by atomic mass is 32.2. The van der Waals surface area contributed by atoms with Gasteiger partial charge in [0.25, 0.3) is 0 Å². The quantitative estimate of drug-likeness (QED) is 0.608. The highest BCUT2D eigenvalue weighted by Crippen LogP contribution is 2.32. The van der Waals surface area contributed by atoms with Gasteiger partial charge in [0.15, 0.2) is 0 Å². The van der Waals surface area contributed by atoms with Crippen LogP contribution in [0, 0.1) is 19.8 Å². The van der Waals surface area contributed by atoms with E-state index in [1.165, 1.54) is 34.6 Å². The molecule has 0 bridgehead atoms. The molecule has 1 aliphatic carbocycles. The van der Waals surface area contributed by atoms with Gasteiger partial charge in [0.2, 0.25) is 0 Å². The Kier molecular flexibility index (Phi) is 4.52. The molecule has 0 saturated heterocycles. The third-order valence-corrected chi connectivity index (χ3v) is 4.66.